The van der Waals surface area contributed by atoms with Crippen LogP contribution in [-0.2, 0) is 19.5 Å². The topological polar surface area (TPSA) is 102 Å². The van der Waals surface area contributed by atoms with E-state index in [1.54, 1.807) is 28.8 Å². The van der Waals surface area contributed by atoms with Crippen molar-refractivity contribution in [2.24, 2.45) is 5.92 Å². The Morgan fingerprint density at radius 3 is 2.21 bits per heavy atom. The van der Waals surface area contributed by atoms with Crippen LogP contribution in [0, 0.1) is 5.92 Å². The zero-order valence-electron chi connectivity index (χ0n) is 20.0. The molecule has 34 heavy (non-hydrogen) atoms. The van der Waals surface area contributed by atoms with E-state index in [0.717, 1.165) is 30.4 Å². The molecule has 2 aromatic carbocycles. The molecule has 0 fully saturated rings. The van der Waals surface area contributed by atoms with Crippen LogP contribution in [-0.4, -0.2) is 31.3 Å². The number of unbranched alkanes of at least 4 members (excludes halogenated alkanes) is 1. The van der Waals surface area contributed by atoms with Gasteiger partial charge in [0.05, 0.1) is 17.8 Å². The highest BCUT2D eigenvalue weighted by Gasteiger charge is 2.24. The second kappa shape index (κ2) is 11.0. The Hall–Kier alpha value is -3.61. The van der Waals surface area contributed by atoms with E-state index >= 15 is 0 Å². The fraction of sp³-hybridized carbons (Fsp3) is 0.370. The third kappa shape index (κ3) is 5.47. The summed E-state index contributed by atoms with van der Waals surface area (Å²) in [5, 5.41) is 19.4. The highest BCUT2D eigenvalue weighted by atomic mass is 16.4. The largest absolute Gasteiger partial charge is 0.478 e. The number of hydrogen-bond acceptors (Lipinski definition) is 3. The molecule has 0 spiro atoms. The lowest BCUT2D eigenvalue weighted by Gasteiger charge is -2.11. The molecule has 0 unspecified atom stereocenters. The average molecular weight is 465 g/mol. The highest BCUT2D eigenvalue weighted by Crippen LogP contribution is 2.25. The van der Waals surface area contributed by atoms with Crippen LogP contribution < -0.4 is 5.69 Å². The lowest BCUT2D eigenvalue weighted by Crippen LogP contribution is -2.26. The van der Waals surface area contributed by atoms with Gasteiger partial charge in [0.15, 0.2) is 5.69 Å². The number of nitrogens with zero attached hydrogens (tertiary/aromatic N) is 2. The van der Waals surface area contributed by atoms with E-state index in [0.29, 0.717) is 30.1 Å². The van der Waals surface area contributed by atoms with Gasteiger partial charge in [-0.1, -0.05) is 69.7 Å². The smallest absolute Gasteiger partial charge is 0.354 e. The van der Waals surface area contributed by atoms with E-state index in [9.17, 15) is 24.6 Å². The summed E-state index contributed by atoms with van der Waals surface area (Å²) in [6, 6.07) is 14.2. The van der Waals surface area contributed by atoms with Crippen molar-refractivity contribution in [2.45, 2.75) is 59.5 Å². The minimum absolute atomic E-state index is 0.0890. The molecule has 0 saturated heterocycles. The quantitative estimate of drug-likeness (QED) is 0.409. The van der Waals surface area contributed by atoms with Crippen molar-refractivity contribution >= 4 is 11.9 Å². The number of carbonyl (C=O) groups is 2. The summed E-state index contributed by atoms with van der Waals surface area (Å²) in [5.74, 6) is -1.69. The Morgan fingerprint density at radius 2 is 1.62 bits per heavy atom. The summed E-state index contributed by atoms with van der Waals surface area (Å²) in [4.78, 5) is 37.0. The molecule has 0 atom stereocenters. The zero-order chi connectivity index (χ0) is 24.8. The molecule has 3 rings (SSSR count). The maximum absolute atomic E-state index is 13.3. The Balaban J connectivity index is 2.00. The van der Waals surface area contributed by atoms with Crippen molar-refractivity contribution in [3.63, 3.8) is 0 Å². The van der Waals surface area contributed by atoms with Gasteiger partial charge in [-0.3, -0.25) is 9.13 Å². The van der Waals surface area contributed by atoms with Gasteiger partial charge < -0.3 is 10.2 Å². The summed E-state index contributed by atoms with van der Waals surface area (Å²) < 4.78 is 2.99. The fourth-order valence-corrected chi connectivity index (χ4v) is 4.14. The molecule has 0 saturated carbocycles. The molecule has 0 radical (unpaired) electrons. The summed E-state index contributed by atoms with van der Waals surface area (Å²) in [6.45, 7) is 6.79. The Labute approximate surface area is 199 Å². The van der Waals surface area contributed by atoms with Crippen molar-refractivity contribution in [2.75, 3.05) is 0 Å². The molecule has 0 aliphatic carbocycles. The zero-order valence-corrected chi connectivity index (χ0v) is 20.0. The molecular formula is C27H32N2O5. The first-order chi connectivity index (χ1) is 16.2. The van der Waals surface area contributed by atoms with Gasteiger partial charge in [-0.15, -0.1) is 0 Å². The summed E-state index contributed by atoms with van der Waals surface area (Å²) in [5.41, 5.74) is 2.80. The van der Waals surface area contributed by atoms with Gasteiger partial charge >= 0.3 is 17.6 Å². The second-order valence-electron chi connectivity index (χ2n) is 8.95. The average Bonchev–Trinajstić information content (AvgIpc) is 3.07. The number of carboxylic acids is 2. The molecular weight excluding hydrogens is 432 g/mol. The van der Waals surface area contributed by atoms with E-state index in [4.69, 9.17) is 0 Å². The molecule has 0 aliphatic heterocycles. The van der Waals surface area contributed by atoms with Crippen LogP contribution in [0.3, 0.4) is 0 Å². The van der Waals surface area contributed by atoms with Crippen LogP contribution in [0.5, 0.6) is 0 Å². The Morgan fingerprint density at radius 1 is 0.941 bits per heavy atom. The van der Waals surface area contributed by atoms with Crippen molar-refractivity contribution in [1.82, 2.24) is 9.13 Å². The molecule has 1 aromatic heterocycles. The third-order valence-corrected chi connectivity index (χ3v) is 5.99. The van der Waals surface area contributed by atoms with Gasteiger partial charge in [-0.25, -0.2) is 14.4 Å². The van der Waals surface area contributed by atoms with Gasteiger partial charge in [-0.2, -0.15) is 0 Å². The predicted octanol–water partition coefficient (Wildman–Crippen LogP) is 5.15. The molecule has 180 valence electrons. The van der Waals surface area contributed by atoms with E-state index < -0.39 is 11.9 Å². The third-order valence-electron chi connectivity index (χ3n) is 5.99. The fourth-order valence-electron chi connectivity index (χ4n) is 4.14. The van der Waals surface area contributed by atoms with Crippen molar-refractivity contribution < 1.29 is 19.8 Å². The van der Waals surface area contributed by atoms with Crippen LogP contribution in [0.4, 0.5) is 0 Å². The standard InChI is InChI=1S/C27H32N2O5/c1-4-5-16-28-24(26(32)33)23(15-10-18(2)3)29(27(28)34)17-19-11-13-20(14-12-19)21-8-6-7-9-22(21)25(30)31/h6-9,11-14,18H,4-5,10,15-17H2,1-3H3,(H,30,31)(H,32,33). The minimum Gasteiger partial charge on any atom is -0.478 e. The number of aromatic carboxylic acids is 2. The molecule has 0 aliphatic rings. The van der Waals surface area contributed by atoms with Crippen molar-refractivity contribution in [3.05, 3.63) is 81.5 Å². The number of aromatic nitrogens is 2. The Bertz CT molecular complexity index is 1220. The first-order valence-corrected chi connectivity index (χ1v) is 11.7. The van der Waals surface area contributed by atoms with Gasteiger partial charge in [0.1, 0.15) is 0 Å². The number of carboxylic acid groups (broad SMARTS) is 2. The number of benzene rings is 2. The van der Waals surface area contributed by atoms with Crippen LogP contribution >= 0.6 is 0 Å². The maximum atomic E-state index is 13.3. The normalized spacial score (nSPS) is 11.2. The molecule has 0 bridgehead atoms. The van der Waals surface area contributed by atoms with Crippen LogP contribution in [0.1, 0.15) is 72.1 Å². The number of hydrogen-bond donors (Lipinski definition) is 2. The molecule has 7 heteroatoms. The van der Waals surface area contributed by atoms with Crippen LogP contribution in [0.15, 0.2) is 53.3 Å². The van der Waals surface area contributed by atoms with Crippen LogP contribution in [0.25, 0.3) is 11.1 Å². The van der Waals surface area contributed by atoms with E-state index in [1.165, 1.54) is 4.57 Å². The van der Waals surface area contributed by atoms with E-state index in [2.05, 4.69) is 13.8 Å². The molecule has 1 heterocycles. The molecule has 3 aromatic rings. The van der Waals surface area contributed by atoms with Gasteiger partial charge in [0.25, 0.3) is 0 Å². The summed E-state index contributed by atoms with van der Waals surface area (Å²) >= 11 is 0. The monoisotopic (exact) mass is 464 g/mol. The van der Waals surface area contributed by atoms with Crippen molar-refractivity contribution in [1.29, 1.82) is 0 Å². The Kier molecular flexibility index (Phi) is 8.10. The van der Waals surface area contributed by atoms with E-state index in [-0.39, 0.29) is 23.5 Å². The van der Waals surface area contributed by atoms with Crippen molar-refractivity contribution in [3.8, 4) is 11.1 Å². The minimum atomic E-state index is -1.08. The predicted molar refractivity (Wildman–Crippen MR) is 132 cm³/mol. The molecule has 0 amide bonds. The molecule has 2 N–H and O–H groups in total. The van der Waals surface area contributed by atoms with Gasteiger partial charge in [0.2, 0.25) is 0 Å². The first kappa shape index (κ1) is 25.0. The second-order valence-corrected chi connectivity index (χ2v) is 8.95. The number of rotatable bonds is 11. The maximum Gasteiger partial charge on any atom is 0.354 e. The number of imidazole rings is 1. The van der Waals surface area contributed by atoms with Crippen LogP contribution in [0.2, 0.25) is 0 Å². The lowest BCUT2D eigenvalue weighted by molar-refractivity contribution is 0.0677. The van der Waals surface area contributed by atoms with Gasteiger partial charge in [0, 0.05) is 6.54 Å². The SMILES string of the molecule is CCCCn1c(C(=O)O)c(CCC(C)C)n(Cc2ccc(-c3ccccc3C(=O)O)cc2)c1=O. The van der Waals surface area contributed by atoms with Gasteiger partial charge in [-0.05, 0) is 47.9 Å². The lowest BCUT2D eigenvalue weighted by atomic mass is 9.98. The first-order valence-electron chi connectivity index (χ1n) is 11.7. The molecule has 7 nitrogen and oxygen atoms in total. The summed E-state index contributed by atoms with van der Waals surface area (Å²) in [6.07, 6.45) is 2.88. The van der Waals surface area contributed by atoms with E-state index in [1.807, 2.05) is 31.2 Å². The summed E-state index contributed by atoms with van der Waals surface area (Å²) in [7, 11) is 0. The highest BCUT2D eigenvalue weighted by molar-refractivity contribution is 5.96.